The molecular weight excluding hydrogens is 702 g/mol. The molecule has 5 aromatic rings. The average Bonchev–Trinajstić information content (AvgIpc) is 3.50. The normalized spacial score (nSPS) is 17.4. The van der Waals surface area contributed by atoms with Crippen LogP contribution in [0.3, 0.4) is 0 Å². The van der Waals surface area contributed by atoms with Gasteiger partial charge in [-0.25, -0.2) is 14.4 Å². The van der Waals surface area contributed by atoms with Crippen LogP contribution in [0, 0.1) is 21.3 Å². The fourth-order valence-corrected chi connectivity index (χ4v) is 8.22. The van der Waals surface area contributed by atoms with Crippen molar-refractivity contribution >= 4 is 46.0 Å². The van der Waals surface area contributed by atoms with Crippen LogP contribution >= 0.6 is 11.9 Å². The molecule has 16 heteroatoms. The maximum absolute atomic E-state index is 14.4. The summed E-state index contributed by atoms with van der Waals surface area (Å²) >= 11 is 0.928. The number of benzene rings is 2. The number of piperazine rings is 1. The fourth-order valence-electron chi connectivity index (χ4n) is 7.59. The van der Waals surface area contributed by atoms with Crippen LogP contribution < -0.4 is 24.8 Å². The van der Waals surface area contributed by atoms with Crippen LogP contribution in [0.1, 0.15) is 28.8 Å². The summed E-state index contributed by atoms with van der Waals surface area (Å²) in [7, 11) is 1.63. The van der Waals surface area contributed by atoms with Crippen LogP contribution in [0.15, 0.2) is 78.1 Å². The molecule has 8 rings (SSSR count). The van der Waals surface area contributed by atoms with Gasteiger partial charge in [0.1, 0.15) is 28.7 Å². The molecule has 3 aliphatic rings. The lowest BCUT2D eigenvalue weighted by molar-refractivity contribution is -0.384. The molecule has 4 N–H and O–H groups in total. The Hall–Kier alpha value is -5.45. The molecule has 0 unspecified atom stereocenters. The highest BCUT2D eigenvalue weighted by molar-refractivity contribution is 7.98. The Bertz CT molecular complexity index is 2160. The minimum Gasteiger partial charge on any atom is -0.481 e. The monoisotopic (exact) mass is 739 g/mol. The number of hydrogen-bond acceptors (Lipinski definition) is 12. The molecule has 5 heterocycles. The number of pyridine rings is 2. The van der Waals surface area contributed by atoms with Gasteiger partial charge in [-0.05, 0) is 60.7 Å². The van der Waals surface area contributed by atoms with Crippen molar-refractivity contribution in [1.82, 2.24) is 29.5 Å². The number of nitro groups is 1. The van der Waals surface area contributed by atoms with E-state index in [0.29, 0.717) is 22.5 Å². The number of nitro benzene ring substituents is 1. The summed E-state index contributed by atoms with van der Waals surface area (Å²) < 4.78 is 28.5. The lowest BCUT2D eigenvalue weighted by atomic mass is 9.60. The van der Waals surface area contributed by atoms with Crippen LogP contribution in [0.5, 0.6) is 17.4 Å². The second-order valence-electron chi connectivity index (χ2n) is 13.9. The number of rotatable bonds is 11. The van der Waals surface area contributed by atoms with E-state index in [0.717, 1.165) is 76.3 Å². The Morgan fingerprint density at radius 1 is 1.09 bits per heavy atom. The molecule has 2 aliphatic heterocycles. The number of nitrogen functional groups attached to an aromatic ring is 1. The number of carbonyl (C=O) groups is 1. The van der Waals surface area contributed by atoms with Gasteiger partial charge < -0.3 is 25.1 Å². The van der Waals surface area contributed by atoms with E-state index in [4.69, 9.17) is 15.2 Å². The molecule has 2 saturated heterocycles. The number of ether oxygens (including phenoxy) is 2. The second kappa shape index (κ2) is 14.2. The first kappa shape index (κ1) is 34.6. The van der Waals surface area contributed by atoms with Crippen LogP contribution in [0.4, 0.5) is 21.5 Å². The van der Waals surface area contributed by atoms with Gasteiger partial charge in [-0.3, -0.25) is 29.4 Å². The lowest BCUT2D eigenvalue weighted by Crippen LogP contribution is -2.68. The maximum atomic E-state index is 14.4. The lowest BCUT2D eigenvalue weighted by Gasteiger charge is -2.62. The van der Waals surface area contributed by atoms with Crippen molar-refractivity contribution in [3.8, 4) is 17.4 Å². The molecule has 274 valence electrons. The van der Waals surface area contributed by atoms with Crippen LogP contribution in [-0.4, -0.2) is 88.0 Å². The number of aromatic amines is 1. The van der Waals surface area contributed by atoms with Gasteiger partial charge >= 0.3 is 0 Å². The number of carbonyl (C=O) groups excluding carboxylic acids is 1. The van der Waals surface area contributed by atoms with Crippen molar-refractivity contribution in [2.45, 2.75) is 30.3 Å². The number of anilines is 2. The maximum Gasteiger partial charge on any atom is 0.293 e. The zero-order valence-electron chi connectivity index (χ0n) is 29.0. The van der Waals surface area contributed by atoms with Gasteiger partial charge in [0.25, 0.3) is 11.6 Å². The highest BCUT2D eigenvalue weighted by Crippen LogP contribution is 2.52. The summed E-state index contributed by atoms with van der Waals surface area (Å²) in [6, 6.07) is 15.8. The SMILES string of the molecule is COc1ccc(CN2CCN(C3CC4(C3)CN(c3ccc(C(=O)NSc5ccc(N)c([N+](=O)[O-])c5)c(Oc5cnc6[nH]cc(F)c6c5)c3)C4)CC2)cn1. The zero-order chi connectivity index (χ0) is 36.7. The zero-order valence-corrected chi connectivity index (χ0v) is 29.8. The van der Waals surface area contributed by atoms with Crippen LogP contribution in [-0.2, 0) is 6.54 Å². The molecule has 14 nitrogen and oxygen atoms in total. The number of H-pyrrole nitrogens is 1. The number of fused-ring (bicyclic) bond motifs is 1. The third kappa shape index (κ3) is 7.17. The number of nitrogens with zero attached hydrogens (tertiary/aromatic N) is 6. The molecule has 53 heavy (non-hydrogen) atoms. The molecule has 0 bridgehead atoms. The van der Waals surface area contributed by atoms with Gasteiger partial charge in [-0.15, -0.1) is 0 Å². The minimum atomic E-state index is -0.571. The predicted molar refractivity (Wildman–Crippen MR) is 199 cm³/mol. The van der Waals surface area contributed by atoms with Crippen molar-refractivity contribution in [3.05, 3.63) is 100 Å². The van der Waals surface area contributed by atoms with E-state index in [1.807, 2.05) is 24.4 Å². The fraction of sp³-hybridized carbons (Fsp3) is 0.324. The van der Waals surface area contributed by atoms with Gasteiger partial charge in [0.05, 0.1) is 29.2 Å². The highest BCUT2D eigenvalue weighted by Gasteiger charge is 2.54. The molecule has 3 fully saturated rings. The predicted octanol–water partition coefficient (Wildman–Crippen LogP) is 5.61. The third-order valence-corrected chi connectivity index (χ3v) is 11.2. The smallest absolute Gasteiger partial charge is 0.293 e. The summed E-state index contributed by atoms with van der Waals surface area (Å²) in [5.74, 6) is 0.241. The Morgan fingerprint density at radius 2 is 1.91 bits per heavy atom. The summed E-state index contributed by atoms with van der Waals surface area (Å²) in [5, 5.41) is 11.6. The Kier molecular flexibility index (Phi) is 9.26. The van der Waals surface area contributed by atoms with Crippen LogP contribution in [0.2, 0.25) is 0 Å². The average molecular weight is 740 g/mol. The second-order valence-corrected chi connectivity index (χ2v) is 14.8. The molecular formula is C37H38FN9O5S. The molecule has 1 saturated carbocycles. The molecule has 1 amide bonds. The van der Waals surface area contributed by atoms with E-state index in [2.05, 4.69) is 40.4 Å². The number of methoxy groups -OCH3 is 1. The third-order valence-electron chi connectivity index (χ3n) is 10.4. The molecule has 0 radical (unpaired) electrons. The summed E-state index contributed by atoms with van der Waals surface area (Å²) in [6.07, 6.45) is 6.90. The van der Waals surface area contributed by atoms with Gasteiger partial charge in [-0.1, -0.05) is 6.07 Å². The van der Waals surface area contributed by atoms with E-state index in [9.17, 15) is 19.3 Å². The number of aromatic nitrogens is 3. The van der Waals surface area contributed by atoms with Crippen molar-refractivity contribution in [1.29, 1.82) is 0 Å². The minimum absolute atomic E-state index is 0.0317. The van der Waals surface area contributed by atoms with E-state index in [1.54, 1.807) is 19.2 Å². The Morgan fingerprint density at radius 3 is 2.64 bits per heavy atom. The number of halogens is 1. The quantitative estimate of drug-likeness (QED) is 0.0664. The standard InChI is InChI=1S/C37H38FN9O5S/c1-51-34-7-2-23(17-40-34)20-44-8-10-45(11-9-44)25-15-37(16-25)21-46(22-37)24-3-5-28(36(48)43-53-27-4-6-31(39)32(14-27)47(49)50)33(12-24)52-26-13-29-30(38)19-42-35(29)41-18-26/h2-7,12-14,17-19,25H,8-11,15-16,20-22,39H2,1H3,(H,41,42)(H,43,48). The van der Waals surface area contributed by atoms with E-state index in [-0.39, 0.29) is 39.2 Å². The van der Waals surface area contributed by atoms with E-state index < -0.39 is 16.6 Å². The largest absolute Gasteiger partial charge is 0.481 e. The number of hydrogen-bond donors (Lipinski definition) is 3. The Labute approximate surface area is 308 Å². The number of nitrogens with two attached hydrogens (primary N) is 1. The van der Waals surface area contributed by atoms with Crippen molar-refractivity contribution in [3.63, 3.8) is 0 Å². The Balaban J connectivity index is 0.911. The van der Waals surface area contributed by atoms with Gasteiger partial charge in [0.15, 0.2) is 0 Å². The van der Waals surface area contributed by atoms with Crippen molar-refractivity contribution < 1.29 is 23.6 Å². The molecule has 1 aliphatic carbocycles. The van der Waals surface area contributed by atoms with E-state index in [1.165, 1.54) is 36.2 Å². The number of amides is 1. The topological polar surface area (TPSA) is 168 Å². The molecule has 3 aromatic heterocycles. The summed E-state index contributed by atoms with van der Waals surface area (Å²) in [4.78, 5) is 43.5. The molecule has 2 aromatic carbocycles. The summed E-state index contributed by atoms with van der Waals surface area (Å²) in [6.45, 7) is 6.88. The number of nitrogens with one attached hydrogen (secondary N) is 2. The molecule has 0 atom stereocenters. The van der Waals surface area contributed by atoms with Crippen molar-refractivity contribution in [2.75, 3.05) is 57.0 Å². The van der Waals surface area contributed by atoms with Gasteiger partial charge in [0, 0.05) is 98.4 Å². The van der Waals surface area contributed by atoms with Gasteiger partial charge in [0.2, 0.25) is 5.88 Å². The highest BCUT2D eigenvalue weighted by atomic mass is 32.2. The van der Waals surface area contributed by atoms with Crippen LogP contribution in [0.25, 0.3) is 11.0 Å². The first-order chi connectivity index (χ1) is 25.6. The van der Waals surface area contributed by atoms with Crippen molar-refractivity contribution in [2.24, 2.45) is 5.41 Å². The summed E-state index contributed by atoms with van der Waals surface area (Å²) in [5.41, 5.74) is 8.51. The molecule has 1 spiro atoms. The van der Waals surface area contributed by atoms with E-state index >= 15 is 0 Å². The first-order valence-corrected chi connectivity index (χ1v) is 18.1. The first-order valence-electron chi connectivity index (χ1n) is 17.3. The van der Waals surface area contributed by atoms with Gasteiger partial charge in [-0.2, -0.15) is 0 Å².